The van der Waals surface area contributed by atoms with E-state index >= 15 is 0 Å². The smallest absolute Gasteiger partial charge is 0.217 e. The van der Waals surface area contributed by atoms with E-state index in [1.165, 1.54) is 6.92 Å². The van der Waals surface area contributed by atoms with Crippen LogP contribution in [0.3, 0.4) is 0 Å². The number of aliphatic hydroxyl groups excluding tert-OH is 2. The summed E-state index contributed by atoms with van der Waals surface area (Å²) < 4.78 is 13.3. The first-order chi connectivity index (χ1) is 21.7. The molecule has 7 nitrogen and oxygen atoms in total. The Hall–Kier alpha value is -3.85. The molecule has 3 N–H and O–H groups in total. The second-order valence-electron chi connectivity index (χ2n) is 12.1. The molecule has 0 aromatic heterocycles. The van der Waals surface area contributed by atoms with E-state index < -0.39 is 12.4 Å². The largest absolute Gasteiger partial charge is 0.392 e. The van der Waals surface area contributed by atoms with Crippen molar-refractivity contribution >= 4 is 5.91 Å². The minimum Gasteiger partial charge on any atom is -0.392 e. The summed E-state index contributed by atoms with van der Waals surface area (Å²) in [6.07, 6.45) is -1.62. The summed E-state index contributed by atoms with van der Waals surface area (Å²) in [6.45, 7) is 6.79. The van der Waals surface area contributed by atoms with Gasteiger partial charge in [0.05, 0.1) is 24.9 Å². The fourth-order valence-corrected chi connectivity index (χ4v) is 5.87. The summed E-state index contributed by atoms with van der Waals surface area (Å²) >= 11 is 0. The zero-order valence-corrected chi connectivity index (χ0v) is 26.5. The lowest BCUT2D eigenvalue weighted by Gasteiger charge is -2.43. The van der Waals surface area contributed by atoms with Crippen LogP contribution in [0.15, 0.2) is 103 Å². The fourth-order valence-electron chi connectivity index (χ4n) is 5.87. The SMILES string of the molecule is CC(=O)NCc1cccc(-c2ccc(C3OC(CN(C)C(C)C(O)c4ccccc4)C(C)C(c4ccc(CO)cc4)O3)cc2)c1. The van der Waals surface area contributed by atoms with Crippen molar-refractivity contribution in [1.82, 2.24) is 10.2 Å². The first kappa shape index (κ1) is 32.5. The molecule has 4 aromatic rings. The number of hydrogen-bond donors (Lipinski definition) is 3. The van der Waals surface area contributed by atoms with Gasteiger partial charge in [-0.25, -0.2) is 0 Å². The maximum atomic E-state index is 11.4. The van der Waals surface area contributed by atoms with E-state index in [2.05, 4.69) is 41.4 Å². The Labute approximate surface area is 266 Å². The molecule has 45 heavy (non-hydrogen) atoms. The van der Waals surface area contributed by atoms with Gasteiger partial charge in [-0.2, -0.15) is 0 Å². The highest BCUT2D eigenvalue weighted by Gasteiger charge is 2.39. The number of rotatable bonds is 11. The third-order valence-electron chi connectivity index (χ3n) is 8.87. The Morgan fingerprint density at radius 3 is 2.22 bits per heavy atom. The average Bonchev–Trinajstić information content (AvgIpc) is 3.08. The van der Waals surface area contributed by atoms with Crippen LogP contribution in [0, 0.1) is 5.92 Å². The molecule has 1 saturated heterocycles. The maximum Gasteiger partial charge on any atom is 0.217 e. The van der Waals surface area contributed by atoms with Crippen LogP contribution in [0.5, 0.6) is 0 Å². The summed E-state index contributed by atoms with van der Waals surface area (Å²) in [5.41, 5.74) is 6.85. The third-order valence-corrected chi connectivity index (χ3v) is 8.87. The molecule has 5 rings (SSSR count). The fraction of sp³-hybridized carbons (Fsp3) is 0.342. The lowest BCUT2D eigenvalue weighted by atomic mass is 9.89. The molecule has 0 spiro atoms. The molecular formula is C38H44N2O5. The lowest BCUT2D eigenvalue weighted by molar-refractivity contribution is -0.276. The second kappa shape index (κ2) is 15.0. The highest BCUT2D eigenvalue weighted by atomic mass is 16.7. The van der Waals surface area contributed by atoms with Gasteiger partial charge in [-0.1, -0.05) is 104 Å². The molecule has 1 fully saturated rings. The number of carbonyl (C=O) groups is 1. The van der Waals surface area contributed by atoms with Crippen molar-refractivity contribution in [2.75, 3.05) is 13.6 Å². The number of nitrogens with zero attached hydrogens (tertiary/aromatic N) is 1. The quantitative estimate of drug-likeness (QED) is 0.184. The van der Waals surface area contributed by atoms with E-state index in [9.17, 15) is 15.0 Å². The molecule has 1 heterocycles. The van der Waals surface area contributed by atoms with E-state index in [4.69, 9.17) is 9.47 Å². The number of likely N-dealkylation sites (N-methyl/N-ethyl adjacent to an activating group) is 1. The second-order valence-corrected chi connectivity index (χ2v) is 12.1. The van der Waals surface area contributed by atoms with E-state index in [1.54, 1.807) is 0 Å². The van der Waals surface area contributed by atoms with Gasteiger partial charge in [0.15, 0.2) is 6.29 Å². The highest BCUT2D eigenvalue weighted by molar-refractivity contribution is 5.73. The van der Waals surface area contributed by atoms with Crippen molar-refractivity contribution in [1.29, 1.82) is 0 Å². The molecule has 0 aliphatic carbocycles. The van der Waals surface area contributed by atoms with E-state index in [1.807, 2.05) is 92.8 Å². The van der Waals surface area contributed by atoms with E-state index in [0.717, 1.165) is 38.9 Å². The summed E-state index contributed by atoms with van der Waals surface area (Å²) in [5.74, 6) is -0.0316. The molecule has 0 radical (unpaired) electrons. The van der Waals surface area contributed by atoms with Crippen LogP contribution >= 0.6 is 0 Å². The van der Waals surface area contributed by atoms with Crippen LogP contribution in [0.1, 0.15) is 67.1 Å². The zero-order chi connectivity index (χ0) is 31.9. The first-order valence-electron chi connectivity index (χ1n) is 15.6. The summed E-state index contributed by atoms with van der Waals surface area (Å²) in [7, 11) is 2.03. The van der Waals surface area contributed by atoms with Crippen LogP contribution < -0.4 is 5.32 Å². The van der Waals surface area contributed by atoms with Crippen molar-refractivity contribution in [2.24, 2.45) is 5.92 Å². The predicted octanol–water partition coefficient (Wildman–Crippen LogP) is 6.33. The van der Waals surface area contributed by atoms with Crippen LogP contribution in [-0.4, -0.2) is 46.8 Å². The molecule has 1 aliphatic rings. The molecule has 0 saturated carbocycles. The zero-order valence-electron chi connectivity index (χ0n) is 26.5. The Kier molecular flexibility index (Phi) is 10.8. The van der Waals surface area contributed by atoms with Gasteiger partial charge in [0, 0.05) is 37.5 Å². The third kappa shape index (κ3) is 8.06. The number of hydrogen-bond acceptors (Lipinski definition) is 6. The van der Waals surface area contributed by atoms with Gasteiger partial charge in [0.2, 0.25) is 5.91 Å². The molecular weight excluding hydrogens is 564 g/mol. The van der Waals surface area contributed by atoms with Crippen molar-refractivity contribution in [2.45, 2.75) is 64.6 Å². The van der Waals surface area contributed by atoms with Gasteiger partial charge in [0.25, 0.3) is 0 Å². The molecule has 6 atom stereocenters. The van der Waals surface area contributed by atoms with E-state index in [0.29, 0.717) is 13.1 Å². The standard InChI is InChI=1S/C38H44N2O5/c1-25-35(23-40(4)26(2)36(43)31-10-6-5-7-11-31)44-38(45-37(25)32-15-13-28(24-41)14-16-32)33-19-17-30(18-20-33)34-12-8-9-29(21-34)22-39-27(3)42/h5-21,25-26,35-38,41,43H,22-24H2,1-4H3,(H,39,42). The molecule has 6 unspecified atom stereocenters. The van der Waals surface area contributed by atoms with Crippen molar-refractivity contribution in [3.05, 3.63) is 131 Å². The Balaban J connectivity index is 1.37. The normalized spacial score (nSPS) is 21.3. The number of ether oxygens (including phenoxy) is 2. The van der Waals surface area contributed by atoms with Gasteiger partial charge in [-0.3, -0.25) is 9.69 Å². The van der Waals surface area contributed by atoms with Crippen molar-refractivity contribution < 1.29 is 24.5 Å². The van der Waals surface area contributed by atoms with Crippen LogP contribution in [0.25, 0.3) is 11.1 Å². The number of benzene rings is 4. The first-order valence-corrected chi connectivity index (χ1v) is 15.6. The molecule has 7 heteroatoms. The van der Waals surface area contributed by atoms with Gasteiger partial charge in [-0.05, 0) is 53.4 Å². The highest BCUT2D eigenvalue weighted by Crippen LogP contribution is 2.42. The minimum atomic E-state index is -0.631. The van der Waals surface area contributed by atoms with Crippen molar-refractivity contribution in [3.8, 4) is 11.1 Å². The number of carbonyl (C=O) groups excluding carboxylic acids is 1. The Morgan fingerprint density at radius 2 is 1.56 bits per heavy atom. The Bertz CT molecular complexity index is 1530. The van der Waals surface area contributed by atoms with Crippen LogP contribution in [0.4, 0.5) is 0 Å². The molecule has 1 amide bonds. The van der Waals surface area contributed by atoms with Gasteiger partial charge < -0.3 is 25.0 Å². The van der Waals surface area contributed by atoms with Gasteiger partial charge >= 0.3 is 0 Å². The number of amides is 1. The van der Waals surface area contributed by atoms with Gasteiger partial charge in [0.1, 0.15) is 0 Å². The maximum absolute atomic E-state index is 11.4. The molecule has 0 bridgehead atoms. The topological polar surface area (TPSA) is 91.3 Å². The average molecular weight is 609 g/mol. The van der Waals surface area contributed by atoms with Gasteiger partial charge in [-0.15, -0.1) is 0 Å². The number of aliphatic hydroxyl groups is 2. The Morgan fingerprint density at radius 1 is 0.867 bits per heavy atom. The summed E-state index contributed by atoms with van der Waals surface area (Å²) in [4.78, 5) is 13.5. The number of nitrogens with one attached hydrogen (secondary N) is 1. The predicted molar refractivity (Wildman–Crippen MR) is 176 cm³/mol. The van der Waals surface area contributed by atoms with Crippen LogP contribution in [-0.2, 0) is 27.4 Å². The molecule has 4 aromatic carbocycles. The molecule has 236 valence electrons. The molecule has 1 aliphatic heterocycles. The van der Waals surface area contributed by atoms with E-state index in [-0.39, 0.29) is 36.7 Å². The lowest BCUT2D eigenvalue weighted by Crippen LogP contribution is -2.46. The minimum absolute atomic E-state index is 0.00929. The summed E-state index contributed by atoms with van der Waals surface area (Å²) in [5, 5.41) is 23.5. The van der Waals surface area contributed by atoms with Crippen LogP contribution in [0.2, 0.25) is 0 Å². The summed E-state index contributed by atoms with van der Waals surface area (Å²) in [6, 6.07) is 33.9. The van der Waals surface area contributed by atoms with Crippen molar-refractivity contribution in [3.63, 3.8) is 0 Å². The monoisotopic (exact) mass is 608 g/mol.